The maximum Gasteiger partial charge on any atom is 0.0777 e. The summed E-state index contributed by atoms with van der Waals surface area (Å²) < 4.78 is 2.42. The molecule has 0 bridgehead atoms. The quantitative estimate of drug-likeness (QED) is 0.170. The fraction of sp³-hybridized carbons (Fsp3) is 0.316. The summed E-state index contributed by atoms with van der Waals surface area (Å²) in [6, 6.07) is 31.9. The van der Waals surface area contributed by atoms with Crippen LogP contribution in [0, 0.1) is 18.1 Å². The number of pyridine rings is 1. The molecule has 0 saturated heterocycles. The van der Waals surface area contributed by atoms with Crippen molar-refractivity contribution in [1.29, 1.82) is 0 Å². The third-order valence-electron chi connectivity index (χ3n) is 9.51. The molecule has 42 heavy (non-hydrogen) atoms. The molecule has 4 heteroatoms. The zero-order valence-corrected chi connectivity index (χ0v) is 27.2. The van der Waals surface area contributed by atoms with Crippen LogP contribution >= 0.6 is 0 Å². The third kappa shape index (κ3) is 4.79. The Labute approximate surface area is 263 Å². The van der Waals surface area contributed by atoms with Gasteiger partial charge in [-0.2, -0.15) is 0 Å². The summed E-state index contributed by atoms with van der Waals surface area (Å²) in [6.45, 7) is 9.19. The molecule has 2 atom stereocenters. The van der Waals surface area contributed by atoms with Gasteiger partial charge in [-0.05, 0) is 67.8 Å². The first-order valence-electron chi connectivity index (χ1n) is 15.1. The van der Waals surface area contributed by atoms with E-state index in [0.29, 0.717) is 17.8 Å². The smallest absolute Gasteiger partial charge is 0.0777 e. The van der Waals surface area contributed by atoms with Crippen LogP contribution in [-0.4, -0.2) is 14.5 Å². The second-order valence-electron chi connectivity index (χ2n) is 12.5. The van der Waals surface area contributed by atoms with Crippen LogP contribution in [0.15, 0.2) is 85.1 Å². The van der Waals surface area contributed by atoms with Crippen molar-refractivity contribution >= 4 is 16.6 Å². The molecule has 2 aliphatic carbocycles. The molecule has 0 amide bonds. The minimum absolute atomic E-state index is 0. The number of hydrogen-bond donors (Lipinski definition) is 0. The number of para-hydroxylation sites is 1. The fourth-order valence-corrected chi connectivity index (χ4v) is 7.30. The van der Waals surface area contributed by atoms with Crippen molar-refractivity contribution in [2.24, 2.45) is 5.92 Å². The normalized spacial score (nSPS) is 20.0. The minimum Gasteiger partial charge on any atom is -0.355 e. The molecule has 3 aromatic carbocycles. The van der Waals surface area contributed by atoms with Crippen molar-refractivity contribution in [2.45, 2.75) is 70.8 Å². The van der Waals surface area contributed by atoms with E-state index in [0.717, 1.165) is 22.6 Å². The third-order valence-corrected chi connectivity index (χ3v) is 9.51. The SMILES string of the molecule is CC1(C)C=C(C2CCCC2)c2cccc3nc(-c4[c-]cccc4)n1c23.CC1c2ccc[c-]c2-c2ncccc2C1C.[Ir]. The molecule has 215 valence electrons. The molecule has 2 unspecified atom stereocenters. The molecule has 3 aliphatic rings. The van der Waals surface area contributed by atoms with E-state index in [1.54, 1.807) is 5.57 Å². The van der Waals surface area contributed by atoms with Crippen molar-refractivity contribution in [2.75, 3.05) is 0 Å². The summed E-state index contributed by atoms with van der Waals surface area (Å²) in [5, 5.41) is 0. The monoisotopic (exact) mass is 728 g/mol. The van der Waals surface area contributed by atoms with Crippen molar-refractivity contribution in [3.63, 3.8) is 0 Å². The van der Waals surface area contributed by atoms with Gasteiger partial charge in [0, 0.05) is 31.9 Å². The van der Waals surface area contributed by atoms with E-state index in [4.69, 9.17) is 4.98 Å². The summed E-state index contributed by atoms with van der Waals surface area (Å²) in [5.74, 6) is 2.81. The van der Waals surface area contributed by atoms with Crippen molar-refractivity contribution in [3.8, 4) is 22.6 Å². The van der Waals surface area contributed by atoms with Crippen molar-refractivity contribution in [3.05, 3.63) is 114 Å². The van der Waals surface area contributed by atoms with E-state index in [1.165, 1.54) is 53.5 Å². The Bertz CT molecular complexity index is 1710. The Morgan fingerprint density at radius 1 is 0.833 bits per heavy atom. The number of nitrogens with zero attached hydrogens (tertiary/aromatic N) is 3. The average molecular weight is 728 g/mol. The maximum absolute atomic E-state index is 5.01. The number of benzene rings is 3. The molecule has 1 fully saturated rings. The number of allylic oxidation sites excluding steroid dienone is 2. The molecular formula is C38H37IrN3-2. The van der Waals surface area contributed by atoms with Crippen LogP contribution in [-0.2, 0) is 25.6 Å². The molecule has 1 aliphatic heterocycles. The summed E-state index contributed by atoms with van der Waals surface area (Å²) in [7, 11) is 0. The molecular weight excluding hydrogens is 691 g/mol. The van der Waals surface area contributed by atoms with Gasteiger partial charge < -0.3 is 9.55 Å². The van der Waals surface area contributed by atoms with E-state index in [9.17, 15) is 0 Å². The number of hydrogen-bond acceptors (Lipinski definition) is 2. The van der Waals surface area contributed by atoms with Gasteiger partial charge in [0.25, 0.3) is 0 Å². The van der Waals surface area contributed by atoms with Crippen LogP contribution in [0.4, 0.5) is 0 Å². The largest absolute Gasteiger partial charge is 0.355 e. The Balaban J connectivity index is 0.000000161. The van der Waals surface area contributed by atoms with E-state index in [1.807, 2.05) is 30.5 Å². The van der Waals surface area contributed by atoms with Crippen LogP contribution < -0.4 is 0 Å². The molecule has 0 N–H and O–H groups in total. The topological polar surface area (TPSA) is 30.7 Å². The van der Waals surface area contributed by atoms with Crippen LogP contribution in [0.5, 0.6) is 0 Å². The Hall–Kier alpha value is -3.33. The van der Waals surface area contributed by atoms with Crippen molar-refractivity contribution in [1.82, 2.24) is 14.5 Å². The molecule has 8 rings (SSSR count). The van der Waals surface area contributed by atoms with Gasteiger partial charge in [0.2, 0.25) is 0 Å². The molecule has 5 aromatic rings. The number of imidazole rings is 1. The Kier molecular flexibility index (Phi) is 7.81. The predicted octanol–water partition coefficient (Wildman–Crippen LogP) is 9.59. The van der Waals surface area contributed by atoms with Gasteiger partial charge in [-0.15, -0.1) is 71.3 Å². The van der Waals surface area contributed by atoms with Gasteiger partial charge in [0.15, 0.2) is 0 Å². The van der Waals surface area contributed by atoms with Crippen LogP contribution in [0.2, 0.25) is 0 Å². The molecule has 1 radical (unpaired) electrons. The standard InChI is InChI=1S/C23H23N2.C15H14N.Ir/c1-23(2)15-19(16-9-6-7-10-16)18-13-8-14-20-21(18)25(23)22(24-20)17-11-4-3-5-12-17;1-10-11(2)13-8-5-9-16-15(13)14-7-4-3-6-12(10)14;/h3-5,8,11,13-16H,6-7,9-10H2,1-2H3;3-6,8-11H,1-2H3;/q2*-1;. The second-order valence-corrected chi connectivity index (χ2v) is 12.5. The summed E-state index contributed by atoms with van der Waals surface area (Å²) in [6.07, 6.45) is 9.74. The van der Waals surface area contributed by atoms with E-state index in [2.05, 4.69) is 104 Å². The molecule has 1 saturated carbocycles. The second kappa shape index (κ2) is 11.4. The Morgan fingerprint density at radius 2 is 1.60 bits per heavy atom. The van der Waals surface area contributed by atoms with E-state index in [-0.39, 0.29) is 25.6 Å². The van der Waals surface area contributed by atoms with Crippen LogP contribution in [0.1, 0.15) is 81.9 Å². The summed E-state index contributed by atoms with van der Waals surface area (Å²) in [5.41, 5.74) is 11.3. The predicted molar refractivity (Wildman–Crippen MR) is 169 cm³/mol. The first-order chi connectivity index (χ1) is 19.9. The minimum atomic E-state index is -0.0833. The first kappa shape index (κ1) is 28.8. The van der Waals surface area contributed by atoms with Gasteiger partial charge in [-0.25, -0.2) is 0 Å². The zero-order valence-electron chi connectivity index (χ0n) is 24.8. The molecule has 3 heterocycles. The Morgan fingerprint density at radius 3 is 2.38 bits per heavy atom. The fourth-order valence-electron chi connectivity index (χ4n) is 7.30. The molecule has 2 aromatic heterocycles. The first-order valence-corrected chi connectivity index (χ1v) is 15.1. The number of aromatic nitrogens is 3. The van der Waals surface area contributed by atoms with Crippen molar-refractivity contribution < 1.29 is 20.1 Å². The zero-order chi connectivity index (χ0) is 28.1. The summed E-state index contributed by atoms with van der Waals surface area (Å²) >= 11 is 0. The van der Waals surface area contributed by atoms with Gasteiger partial charge in [-0.3, -0.25) is 4.98 Å². The maximum atomic E-state index is 5.01. The molecule has 0 spiro atoms. The van der Waals surface area contributed by atoms with Gasteiger partial charge in [-0.1, -0.05) is 56.5 Å². The summed E-state index contributed by atoms with van der Waals surface area (Å²) in [4.78, 5) is 9.52. The number of fused-ring (bicyclic) bond motifs is 3. The van der Waals surface area contributed by atoms with Crippen LogP contribution in [0.25, 0.3) is 39.3 Å². The van der Waals surface area contributed by atoms with Gasteiger partial charge >= 0.3 is 0 Å². The average Bonchev–Trinajstić information content (AvgIpc) is 3.69. The van der Waals surface area contributed by atoms with Gasteiger partial charge in [0.05, 0.1) is 22.4 Å². The van der Waals surface area contributed by atoms with Crippen LogP contribution in [0.3, 0.4) is 0 Å². The van der Waals surface area contributed by atoms with E-state index >= 15 is 0 Å². The van der Waals surface area contributed by atoms with E-state index < -0.39 is 0 Å². The van der Waals surface area contributed by atoms with Gasteiger partial charge in [0.1, 0.15) is 0 Å². The number of rotatable bonds is 2. The molecule has 3 nitrogen and oxygen atoms in total.